The second kappa shape index (κ2) is 5.37. The molecule has 0 aliphatic carbocycles. The number of para-hydroxylation sites is 2. The molecule has 0 N–H and O–H groups in total. The maximum absolute atomic E-state index is 4.82. The SMILES string of the molecule is CCC1=Nc2ccccc2CN(c2ccccc2)N1C. The Kier molecular flexibility index (Phi) is 3.42. The molecule has 0 saturated heterocycles. The molecule has 0 spiro atoms. The maximum Gasteiger partial charge on any atom is 0.123 e. The van der Waals surface area contributed by atoms with Gasteiger partial charge in [-0.2, -0.15) is 0 Å². The first kappa shape index (κ1) is 12.7. The van der Waals surface area contributed by atoms with Crippen LogP contribution in [0, 0.1) is 0 Å². The molecule has 3 rings (SSSR count). The zero-order valence-corrected chi connectivity index (χ0v) is 12.0. The Balaban J connectivity index is 2.07. The van der Waals surface area contributed by atoms with Crippen molar-refractivity contribution in [1.29, 1.82) is 0 Å². The highest BCUT2D eigenvalue weighted by molar-refractivity contribution is 5.87. The van der Waals surface area contributed by atoms with E-state index >= 15 is 0 Å². The molecular weight excluding hydrogens is 246 g/mol. The monoisotopic (exact) mass is 265 g/mol. The third-order valence-electron chi connectivity index (χ3n) is 3.67. The highest BCUT2D eigenvalue weighted by Gasteiger charge is 2.20. The van der Waals surface area contributed by atoms with Crippen molar-refractivity contribution in [2.45, 2.75) is 19.9 Å². The van der Waals surface area contributed by atoms with E-state index in [1.54, 1.807) is 0 Å². The summed E-state index contributed by atoms with van der Waals surface area (Å²) in [6.07, 6.45) is 0.911. The van der Waals surface area contributed by atoms with Gasteiger partial charge in [-0.05, 0) is 23.8 Å². The van der Waals surface area contributed by atoms with Crippen LogP contribution in [-0.4, -0.2) is 17.9 Å². The predicted octanol–water partition coefficient (Wildman–Crippen LogP) is 3.99. The number of benzene rings is 2. The van der Waals surface area contributed by atoms with Crippen molar-refractivity contribution >= 4 is 17.2 Å². The lowest BCUT2D eigenvalue weighted by atomic mass is 10.1. The zero-order chi connectivity index (χ0) is 13.9. The second-order valence-electron chi connectivity index (χ2n) is 4.93. The minimum atomic E-state index is 0.837. The average molecular weight is 265 g/mol. The molecule has 0 atom stereocenters. The lowest BCUT2D eigenvalue weighted by molar-refractivity contribution is 0.448. The number of rotatable bonds is 2. The predicted molar refractivity (Wildman–Crippen MR) is 84.2 cm³/mol. The lowest BCUT2D eigenvalue weighted by Crippen LogP contribution is -2.42. The van der Waals surface area contributed by atoms with Gasteiger partial charge in [0.15, 0.2) is 0 Å². The first-order chi connectivity index (χ1) is 9.79. The number of fused-ring (bicyclic) bond motifs is 1. The first-order valence-electron chi connectivity index (χ1n) is 7.01. The fraction of sp³-hybridized carbons (Fsp3) is 0.235. The minimum Gasteiger partial charge on any atom is -0.280 e. The van der Waals surface area contributed by atoms with Crippen molar-refractivity contribution in [3.63, 3.8) is 0 Å². The number of hydrogen-bond donors (Lipinski definition) is 0. The lowest BCUT2D eigenvalue weighted by Gasteiger charge is -2.34. The Morgan fingerprint density at radius 2 is 1.70 bits per heavy atom. The van der Waals surface area contributed by atoms with Crippen LogP contribution in [0.25, 0.3) is 0 Å². The topological polar surface area (TPSA) is 18.8 Å². The van der Waals surface area contributed by atoms with Gasteiger partial charge in [-0.1, -0.05) is 43.3 Å². The Hall–Kier alpha value is -2.29. The van der Waals surface area contributed by atoms with E-state index in [4.69, 9.17) is 4.99 Å². The second-order valence-corrected chi connectivity index (χ2v) is 4.93. The van der Waals surface area contributed by atoms with Gasteiger partial charge in [0.1, 0.15) is 5.84 Å². The minimum absolute atomic E-state index is 0.837. The van der Waals surface area contributed by atoms with E-state index in [1.807, 2.05) is 12.1 Å². The molecule has 0 unspecified atom stereocenters. The van der Waals surface area contributed by atoms with Crippen LogP contribution in [0.4, 0.5) is 11.4 Å². The van der Waals surface area contributed by atoms with Gasteiger partial charge in [0, 0.05) is 13.5 Å². The smallest absolute Gasteiger partial charge is 0.123 e. The van der Waals surface area contributed by atoms with E-state index in [-0.39, 0.29) is 0 Å². The summed E-state index contributed by atoms with van der Waals surface area (Å²) >= 11 is 0. The van der Waals surface area contributed by atoms with Crippen molar-refractivity contribution in [1.82, 2.24) is 5.01 Å². The molecule has 0 amide bonds. The van der Waals surface area contributed by atoms with Gasteiger partial charge in [-0.25, -0.2) is 4.99 Å². The van der Waals surface area contributed by atoms with E-state index in [0.29, 0.717) is 0 Å². The molecule has 2 aromatic carbocycles. The normalized spacial score (nSPS) is 14.6. The van der Waals surface area contributed by atoms with E-state index < -0.39 is 0 Å². The summed E-state index contributed by atoms with van der Waals surface area (Å²) in [5.74, 6) is 1.08. The van der Waals surface area contributed by atoms with Crippen LogP contribution >= 0.6 is 0 Å². The first-order valence-corrected chi connectivity index (χ1v) is 7.01. The van der Waals surface area contributed by atoms with Gasteiger partial charge in [0.2, 0.25) is 0 Å². The number of amidine groups is 1. The molecule has 0 saturated carbocycles. The fourth-order valence-corrected chi connectivity index (χ4v) is 2.54. The highest BCUT2D eigenvalue weighted by Crippen LogP contribution is 2.28. The Labute approximate surface area is 120 Å². The molecule has 0 radical (unpaired) electrons. The molecule has 1 aliphatic rings. The molecule has 1 aliphatic heterocycles. The van der Waals surface area contributed by atoms with Crippen LogP contribution in [0.15, 0.2) is 59.6 Å². The van der Waals surface area contributed by atoms with Crippen LogP contribution in [-0.2, 0) is 6.54 Å². The van der Waals surface area contributed by atoms with Crippen LogP contribution in [0.3, 0.4) is 0 Å². The van der Waals surface area contributed by atoms with Crippen molar-refractivity contribution in [2.75, 3.05) is 12.1 Å². The van der Waals surface area contributed by atoms with Crippen molar-refractivity contribution in [2.24, 2.45) is 4.99 Å². The van der Waals surface area contributed by atoms with Crippen molar-refractivity contribution in [3.05, 3.63) is 60.2 Å². The summed E-state index contributed by atoms with van der Waals surface area (Å²) in [7, 11) is 2.08. The molecule has 3 nitrogen and oxygen atoms in total. The molecule has 0 aromatic heterocycles. The van der Waals surface area contributed by atoms with E-state index in [0.717, 1.165) is 24.5 Å². The van der Waals surface area contributed by atoms with Crippen LogP contribution in [0.2, 0.25) is 0 Å². The number of anilines is 1. The summed E-state index contributed by atoms with van der Waals surface area (Å²) in [5, 5.41) is 4.43. The molecule has 0 fully saturated rings. The quantitative estimate of drug-likeness (QED) is 0.817. The van der Waals surface area contributed by atoms with Crippen LogP contribution < -0.4 is 5.01 Å². The van der Waals surface area contributed by atoms with E-state index in [1.165, 1.54) is 11.3 Å². The van der Waals surface area contributed by atoms with Crippen LogP contribution in [0.5, 0.6) is 0 Å². The maximum atomic E-state index is 4.82. The number of hydrogen-bond acceptors (Lipinski definition) is 3. The molecule has 102 valence electrons. The summed E-state index contributed by atoms with van der Waals surface area (Å²) in [5.41, 5.74) is 3.52. The van der Waals surface area contributed by atoms with Crippen molar-refractivity contribution < 1.29 is 0 Å². The van der Waals surface area contributed by atoms with Crippen molar-refractivity contribution in [3.8, 4) is 0 Å². The van der Waals surface area contributed by atoms with Gasteiger partial charge < -0.3 is 0 Å². The number of nitrogens with zero attached hydrogens (tertiary/aromatic N) is 3. The molecule has 1 heterocycles. The molecular formula is C17H19N3. The largest absolute Gasteiger partial charge is 0.280 e. The van der Waals surface area contributed by atoms with Gasteiger partial charge >= 0.3 is 0 Å². The molecule has 0 bridgehead atoms. The van der Waals surface area contributed by atoms with Gasteiger partial charge in [0.25, 0.3) is 0 Å². The Bertz CT molecular complexity index is 619. The Morgan fingerprint density at radius 3 is 2.45 bits per heavy atom. The molecule has 3 heteroatoms. The summed E-state index contributed by atoms with van der Waals surface area (Å²) in [6.45, 7) is 2.98. The van der Waals surface area contributed by atoms with E-state index in [2.05, 4.69) is 66.5 Å². The molecule has 20 heavy (non-hydrogen) atoms. The Morgan fingerprint density at radius 1 is 1.00 bits per heavy atom. The highest BCUT2D eigenvalue weighted by atomic mass is 15.6. The summed E-state index contributed by atoms with van der Waals surface area (Å²) in [4.78, 5) is 4.82. The molecule has 2 aromatic rings. The summed E-state index contributed by atoms with van der Waals surface area (Å²) in [6, 6.07) is 18.8. The van der Waals surface area contributed by atoms with Gasteiger partial charge in [-0.15, -0.1) is 0 Å². The van der Waals surface area contributed by atoms with Crippen LogP contribution in [0.1, 0.15) is 18.9 Å². The van der Waals surface area contributed by atoms with Gasteiger partial charge in [-0.3, -0.25) is 10.0 Å². The fourth-order valence-electron chi connectivity index (χ4n) is 2.54. The van der Waals surface area contributed by atoms with Gasteiger partial charge in [0.05, 0.1) is 17.9 Å². The number of aliphatic imine (C=N–C) groups is 1. The number of hydrazine groups is 1. The standard InChI is InChI=1S/C17H19N3/c1-3-17-18-16-12-8-7-9-14(16)13-20(19(17)2)15-10-5-4-6-11-15/h4-12H,3,13H2,1-2H3. The third kappa shape index (κ3) is 2.27. The third-order valence-corrected chi connectivity index (χ3v) is 3.67. The average Bonchev–Trinajstić information content (AvgIpc) is 2.65. The zero-order valence-electron chi connectivity index (χ0n) is 12.0. The summed E-state index contributed by atoms with van der Waals surface area (Å²) < 4.78 is 0. The van der Waals surface area contributed by atoms with E-state index in [9.17, 15) is 0 Å².